The first-order chi connectivity index (χ1) is 13.6. The van der Waals surface area contributed by atoms with Crippen molar-refractivity contribution >= 4 is 0 Å². The van der Waals surface area contributed by atoms with Crippen molar-refractivity contribution in [3.05, 3.63) is 81.8 Å². The molecule has 0 bridgehead atoms. The molecule has 1 aliphatic heterocycles. The predicted octanol–water partition coefficient (Wildman–Crippen LogP) is 3.60. The fourth-order valence-corrected chi connectivity index (χ4v) is 3.38. The Hall–Kier alpha value is -3.06. The number of aromatic amines is 1. The molecule has 2 heterocycles. The van der Waals surface area contributed by atoms with Crippen LogP contribution in [0.25, 0.3) is 11.4 Å². The van der Waals surface area contributed by atoms with E-state index in [4.69, 9.17) is 0 Å². The fraction of sp³-hybridized carbons (Fsp3) is 0.238. The van der Waals surface area contributed by atoms with E-state index in [1.54, 1.807) is 12.1 Å². The van der Waals surface area contributed by atoms with Crippen molar-refractivity contribution in [1.29, 1.82) is 0 Å². The van der Waals surface area contributed by atoms with Crippen LogP contribution >= 0.6 is 0 Å². The molecular weight excluding hydrogens is 364 g/mol. The minimum atomic E-state index is -2.83. The molecule has 0 unspecified atom stereocenters. The lowest BCUT2D eigenvalue weighted by Gasteiger charge is -2.27. The zero-order chi connectivity index (χ0) is 19.5. The molecule has 0 atom stereocenters. The van der Waals surface area contributed by atoms with E-state index in [9.17, 15) is 13.6 Å². The molecule has 0 fully saturated rings. The van der Waals surface area contributed by atoms with Crippen LogP contribution in [-0.2, 0) is 19.5 Å². The van der Waals surface area contributed by atoms with Crippen LogP contribution in [0.4, 0.5) is 8.78 Å². The van der Waals surface area contributed by atoms with Crippen molar-refractivity contribution < 1.29 is 13.5 Å². The van der Waals surface area contributed by atoms with Gasteiger partial charge < -0.3 is 9.72 Å². The van der Waals surface area contributed by atoms with Gasteiger partial charge in [-0.1, -0.05) is 42.5 Å². The molecule has 1 N–H and O–H groups in total. The first-order valence-corrected chi connectivity index (χ1v) is 9.02. The first kappa shape index (κ1) is 18.3. The van der Waals surface area contributed by atoms with Crippen LogP contribution in [0, 0.1) is 0 Å². The number of rotatable bonds is 5. The predicted molar refractivity (Wildman–Crippen MR) is 101 cm³/mol. The van der Waals surface area contributed by atoms with E-state index >= 15 is 0 Å². The zero-order valence-corrected chi connectivity index (χ0v) is 15.1. The number of hydrogen-bond acceptors (Lipinski definition) is 4. The average molecular weight is 383 g/mol. The molecule has 0 saturated heterocycles. The SMILES string of the molecule is O=c1[nH]c(-c2ccccc2)nc2c1CN(Cc1ccc(OC(F)F)cc1)CC2. The third-order valence-corrected chi connectivity index (χ3v) is 4.75. The molecule has 1 aliphatic rings. The number of nitrogens with one attached hydrogen (secondary N) is 1. The quantitative estimate of drug-likeness (QED) is 0.732. The molecule has 28 heavy (non-hydrogen) atoms. The number of halogens is 2. The average Bonchev–Trinajstić information content (AvgIpc) is 2.70. The van der Waals surface area contributed by atoms with Gasteiger partial charge in [0, 0.05) is 31.6 Å². The van der Waals surface area contributed by atoms with Gasteiger partial charge in [0.1, 0.15) is 11.6 Å². The first-order valence-electron chi connectivity index (χ1n) is 9.02. The number of H-pyrrole nitrogens is 1. The largest absolute Gasteiger partial charge is 0.435 e. The maximum Gasteiger partial charge on any atom is 0.387 e. The smallest absolute Gasteiger partial charge is 0.387 e. The lowest BCUT2D eigenvalue weighted by Crippen LogP contribution is -2.35. The Morgan fingerprint density at radius 2 is 1.86 bits per heavy atom. The molecule has 4 rings (SSSR count). The van der Waals surface area contributed by atoms with Gasteiger partial charge in [-0.2, -0.15) is 8.78 Å². The highest BCUT2D eigenvalue weighted by atomic mass is 19.3. The monoisotopic (exact) mass is 383 g/mol. The summed E-state index contributed by atoms with van der Waals surface area (Å²) in [5.74, 6) is 0.726. The second-order valence-electron chi connectivity index (χ2n) is 6.69. The normalized spacial score (nSPS) is 14.1. The summed E-state index contributed by atoms with van der Waals surface area (Å²) in [6.45, 7) is -0.937. The van der Waals surface area contributed by atoms with Gasteiger partial charge in [-0.15, -0.1) is 0 Å². The van der Waals surface area contributed by atoms with Crippen LogP contribution in [0.1, 0.15) is 16.8 Å². The second-order valence-corrected chi connectivity index (χ2v) is 6.69. The van der Waals surface area contributed by atoms with Crippen molar-refractivity contribution in [2.24, 2.45) is 0 Å². The third kappa shape index (κ3) is 4.09. The van der Waals surface area contributed by atoms with Gasteiger partial charge >= 0.3 is 6.61 Å². The lowest BCUT2D eigenvalue weighted by atomic mass is 10.1. The van der Waals surface area contributed by atoms with E-state index in [1.807, 2.05) is 30.3 Å². The van der Waals surface area contributed by atoms with Crippen molar-refractivity contribution in [1.82, 2.24) is 14.9 Å². The number of fused-ring (bicyclic) bond motifs is 1. The van der Waals surface area contributed by atoms with E-state index in [0.29, 0.717) is 30.9 Å². The summed E-state index contributed by atoms with van der Waals surface area (Å²) in [5.41, 5.74) is 3.25. The van der Waals surface area contributed by atoms with Gasteiger partial charge in [-0.25, -0.2) is 4.98 Å². The number of hydrogen-bond donors (Lipinski definition) is 1. The lowest BCUT2D eigenvalue weighted by molar-refractivity contribution is -0.0498. The van der Waals surface area contributed by atoms with E-state index in [1.165, 1.54) is 12.1 Å². The number of nitrogens with zero attached hydrogens (tertiary/aromatic N) is 2. The summed E-state index contributed by atoms with van der Waals surface area (Å²) in [6.07, 6.45) is 0.686. The van der Waals surface area contributed by atoms with Crippen LogP contribution in [0.5, 0.6) is 5.75 Å². The molecule has 144 valence electrons. The maximum atomic E-state index is 12.6. The van der Waals surface area contributed by atoms with E-state index in [2.05, 4.69) is 19.6 Å². The second kappa shape index (κ2) is 7.90. The van der Waals surface area contributed by atoms with Gasteiger partial charge in [0.05, 0.1) is 11.3 Å². The van der Waals surface area contributed by atoms with Gasteiger partial charge in [0.2, 0.25) is 0 Å². The van der Waals surface area contributed by atoms with Crippen LogP contribution < -0.4 is 10.3 Å². The summed E-state index contributed by atoms with van der Waals surface area (Å²) in [6, 6.07) is 16.1. The minimum absolute atomic E-state index is 0.116. The molecule has 3 aromatic rings. The fourth-order valence-electron chi connectivity index (χ4n) is 3.38. The Kier molecular flexibility index (Phi) is 5.16. The van der Waals surface area contributed by atoms with Crippen molar-refractivity contribution in [3.63, 3.8) is 0 Å². The molecular formula is C21H19F2N3O2. The molecule has 1 aromatic heterocycles. The van der Waals surface area contributed by atoms with Crippen molar-refractivity contribution in [2.45, 2.75) is 26.1 Å². The molecule has 0 aliphatic carbocycles. The summed E-state index contributed by atoms with van der Waals surface area (Å²) in [7, 11) is 0. The molecule has 0 amide bonds. The number of ether oxygens (including phenoxy) is 1. The molecule has 5 nitrogen and oxygen atoms in total. The summed E-state index contributed by atoms with van der Waals surface area (Å²) < 4.78 is 28.8. The van der Waals surface area contributed by atoms with E-state index < -0.39 is 6.61 Å². The Balaban J connectivity index is 1.48. The Morgan fingerprint density at radius 1 is 1.11 bits per heavy atom. The highest BCUT2D eigenvalue weighted by molar-refractivity contribution is 5.54. The third-order valence-electron chi connectivity index (χ3n) is 4.75. The molecule has 7 heteroatoms. The highest BCUT2D eigenvalue weighted by Crippen LogP contribution is 2.21. The number of aromatic nitrogens is 2. The molecule has 0 saturated carbocycles. The Labute approximate surface area is 160 Å². The highest BCUT2D eigenvalue weighted by Gasteiger charge is 2.21. The number of benzene rings is 2. The zero-order valence-electron chi connectivity index (χ0n) is 15.1. The van der Waals surface area contributed by atoms with Crippen LogP contribution in [0.15, 0.2) is 59.4 Å². The van der Waals surface area contributed by atoms with Crippen molar-refractivity contribution in [2.75, 3.05) is 6.54 Å². The summed E-state index contributed by atoms with van der Waals surface area (Å²) in [5, 5.41) is 0. The standard InChI is InChI=1S/C21H19F2N3O2/c22-21(23)28-16-8-6-14(7-9-16)12-26-11-10-18-17(13-26)20(27)25-19(24-18)15-4-2-1-3-5-15/h1-9,21H,10-13H2,(H,24,25,27). The molecule has 0 radical (unpaired) electrons. The van der Waals surface area contributed by atoms with Gasteiger partial charge in [0.15, 0.2) is 0 Å². The summed E-state index contributed by atoms with van der Waals surface area (Å²) >= 11 is 0. The van der Waals surface area contributed by atoms with Gasteiger partial charge in [-0.3, -0.25) is 9.69 Å². The van der Waals surface area contributed by atoms with Crippen molar-refractivity contribution in [3.8, 4) is 17.1 Å². The van der Waals surface area contributed by atoms with Gasteiger partial charge in [0.25, 0.3) is 5.56 Å². The Bertz CT molecular complexity index is 1000. The van der Waals surface area contributed by atoms with Crippen LogP contribution in [0.3, 0.4) is 0 Å². The molecule has 2 aromatic carbocycles. The Morgan fingerprint density at radius 3 is 2.57 bits per heavy atom. The topological polar surface area (TPSA) is 58.2 Å². The van der Waals surface area contributed by atoms with E-state index in [-0.39, 0.29) is 11.3 Å². The van der Waals surface area contributed by atoms with E-state index in [0.717, 1.165) is 23.4 Å². The molecule has 0 spiro atoms. The maximum absolute atomic E-state index is 12.6. The van der Waals surface area contributed by atoms with Crippen LogP contribution in [-0.4, -0.2) is 28.0 Å². The number of alkyl halides is 2. The van der Waals surface area contributed by atoms with Crippen LogP contribution in [0.2, 0.25) is 0 Å². The van der Waals surface area contributed by atoms with Gasteiger partial charge in [-0.05, 0) is 17.7 Å². The minimum Gasteiger partial charge on any atom is -0.435 e. The summed E-state index contributed by atoms with van der Waals surface area (Å²) in [4.78, 5) is 22.3.